The molecule has 34 heavy (non-hydrogen) atoms. The number of aryl methyl sites for hydroxylation is 1. The summed E-state index contributed by atoms with van der Waals surface area (Å²) < 4.78 is 1.49. The Hall–Kier alpha value is -2.71. The maximum Gasteiger partial charge on any atom is 0.262 e. The van der Waals surface area contributed by atoms with Gasteiger partial charge in [-0.15, -0.1) is 0 Å². The molecule has 176 valence electrons. The van der Waals surface area contributed by atoms with Crippen molar-refractivity contribution in [3.63, 3.8) is 0 Å². The summed E-state index contributed by atoms with van der Waals surface area (Å²) in [5.74, 6) is 0.446. The van der Waals surface area contributed by atoms with Crippen LogP contribution >= 0.6 is 34.8 Å². The van der Waals surface area contributed by atoms with Gasteiger partial charge >= 0.3 is 0 Å². The molecule has 0 saturated carbocycles. The number of halogens is 3. The van der Waals surface area contributed by atoms with Crippen molar-refractivity contribution in [2.75, 3.05) is 20.6 Å². The van der Waals surface area contributed by atoms with Gasteiger partial charge in [0, 0.05) is 17.0 Å². The third-order valence-corrected chi connectivity index (χ3v) is 6.06. The van der Waals surface area contributed by atoms with Crippen molar-refractivity contribution < 1.29 is 4.79 Å². The first-order valence-electron chi connectivity index (χ1n) is 10.6. The summed E-state index contributed by atoms with van der Waals surface area (Å²) in [6.45, 7) is 2.22. The highest BCUT2D eigenvalue weighted by Gasteiger charge is 2.21. The average molecular weight is 519 g/mol. The van der Waals surface area contributed by atoms with E-state index < -0.39 is 0 Å². The van der Waals surface area contributed by atoms with Crippen LogP contribution in [0.2, 0.25) is 15.1 Å². The van der Waals surface area contributed by atoms with Gasteiger partial charge in [-0.3, -0.25) is 9.59 Å². The second-order valence-electron chi connectivity index (χ2n) is 8.18. The third kappa shape index (κ3) is 4.88. The summed E-state index contributed by atoms with van der Waals surface area (Å²) in [7, 11) is 3.69. The molecule has 2 aromatic heterocycles. The first-order chi connectivity index (χ1) is 16.2. The molecule has 10 heteroatoms. The predicted molar refractivity (Wildman–Crippen MR) is 136 cm³/mol. The van der Waals surface area contributed by atoms with Crippen molar-refractivity contribution in [3.05, 3.63) is 84.5 Å². The summed E-state index contributed by atoms with van der Waals surface area (Å²) in [6, 6.07) is 10.4. The predicted octanol–water partition coefficient (Wildman–Crippen LogP) is 4.97. The molecule has 0 aliphatic heterocycles. The summed E-state index contributed by atoms with van der Waals surface area (Å²) >= 11 is 18.9. The van der Waals surface area contributed by atoms with E-state index in [0.717, 1.165) is 5.56 Å². The number of hydrogen-bond donors (Lipinski definition) is 1. The number of rotatable bonds is 7. The maximum atomic E-state index is 13.0. The highest BCUT2D eigenvalue weighted by atomic mass is 35.5. The molecule has 0 saturated heterocycles. The molecule has 0 amide bonds. The molecule has 7 nitrogen and oxygen atoms in total. The van der Waals surface area contributed by atoms with Gasteiger partial charge in [-0.05, 0) is 44.3 Å². The Bertz CT molecular complexity index is 1440. The van der Waals surface area contributed by atoms with Gasteiger partial charge in [0.1, 0.15) is 16.9 Å². The molecule has 0 radical (unpaired) electrons. The number of ketones is 1. The minimum Gasteiger partial charge on any atom is -0.310 e. The number of likely N-dealkylation sites (N-methyl/N-ethyl adjacent to an activating group) is 1. The lowest BCUT2D eigenvalue weighted by atomic mass is 10.0. The number of nitrogens with one attached hydrogen (secondary N) is 1. The number of aromatic amines is 1. The minimum absolute atomic E-state index is 0.0152. The second-order valence-corrected chi connectivity index (χ2v) is 9.43. The van der Waals surface area contributed by atoms with Gasteiger partial charge in [0.2, 0.25) is 0 Å². The number of benzene rings is 2. The van der Waals surface area contributed by atoms with Crippen molar-refractivity contribution >= 4 is 51.6 Å². The first-order valence-corrected chi connectivity index (χ1v) is 11.7. The monoisotopic (exact) mass is 517 g/mol. The molecular weight excluding hydrogens is 497 g/mol. The number of Topliss-reactive ketones (excluding diaryl/α,β-unsaturated/α-hetero) is 1. The van der Waals surface area contributed by atoms with Crippen LogP contribution in [0.25, 0.3) is 16.7 Å². The molecule has 1 N–H and O–H groups in total. The second kappa shape index (κ2) is 9.88. The highest BCUT2D eigenvalue weighted by molar-refractivity contribution is 6.40. The molecule has 0 bridgehead atoms. The molecule has 4 rings (SSSR count). The lowest BCUT2D eigenvalue weighted by molar-refractivity contribution is 0.0957. The fraction of sp³-hybridized carbons (Fsp3) is 0.250. The van der Waals surface area contributed by atoms with Crippen molar-refractivity contribution in [2.45, 2.75) is 19.8 Å². The molecule has 0 aliphatic rings. The van der Waals surface area contributed by atoms with E-state index in [0.29, 0.717) is 68.3 Å². The zero-order valence-corrected chi connectivity index (χ0v) is 21.1. The van der Waals surface area contributed by atoms with Crippen molar-refractivity contribution in [3.8, 4) is 5.69 Å². The van der Waals surface area contributed by atoms with E-state index in [1.165, 1.54) is 4.68 Å². The number of fused-ring (bicyclic) bond motifs is 1. The first kappa shape index (κ1) is 24.4. The van der Waals surface area contributed by atoms with Gasteiger partial charge in [0.25, 0.3) is 5.56 Å². The summed E-state index contributed by atoms with van der Waals surface area (Å²) in [6.07, 6.45) is 0.843. The lowest BCUT2D eigenvalue weighted by Crippen LogP contribution is -2.21. The van der Waals surface area contributed by atoms with Crippen molar-refractivity contribution in [1.29, 1.82) is 0 Å². The summed E-state index contributed by atoms with van der Waals surface area (Å²) in [5.41, 5.74) is 2.47. The molecule has 0 aliphatic carbocycles. The van der Waals surface area contributed by atoms with Gasteiger partial charge in [-0.2, -0.15) is 5.10 Å². The number of aromatic nitrogens is 4. The number of carbonyl (C=O) groups excluding carboxylic acids is 1. The van der Waals surface area contributed by atoms with Crippen molar-refractivity contribution in [2.24, 2.45) is 0 Å². The van der Waals surface area contributed by atoms with Gasteiger partial charge in [-0.25, -0.2) is 9.67 Å². The van der Waals surface area contributed by atoms with E-state index in [-0.39, 0.29) is 11.3 Å². The molecule has 0 unspecified atom stereocenters. The molecule has 2 aromatic carbocycles. The SMILES string of the molecule is CCc1nn(-c2c(Cl)cc(Cl)cc2Cl)c2nc(Cc3cccc(C(=O)CN(C)C)c3)[nH]c(=O)c12. The van der Waals surface area contributed by atoms with Gasteiger partial charge in [0.15, 0.2) is 11.4 Å². The average Bonchev–Trinajstić information content (AvgIpc) is 3.11. The van der Waals surface area contributed by atoms with Crippen LogP contribution < -0.4 is 5.56 Å². The van der Waals surface area contributed by atoms with Crippen molar-refractivity contribution in [1.82, 2.24) is 24.6 Å². The molecule has 2 heterocycles. The zero-order chi connectivity index (χ0) is 24.6. The number of hydrogen-bond acceptors (Lipinski definition) is 5. The number of nitrogens with zero attached hydrogens (tertiary/aromatic N) is 4. The van der Waals surface area contributed by atoms with Gasteiger partial charge in [-0.1, -0.05) is 59.9 Å². The van der Waals surface area contributed by atoms with E-state index in [2.05, 4.69) is 10.1 Å². The topological polar surface area (TPSA) is 83.9 Å². The van der Waals surface area contributed by atoms with E-state index in [1.54, 1.807) is 18.2 Å². The fourth-order valence-corrected chi connectivity index (χ4v) is 4.77. The Balaban J connectivity index is 1.81. The Labute approximate surface area is 211 Å². The molecule has 4 aromatic rings. The third-order valence-electron chi connectivity index (χ3n) is 5.27. The normalized spacial score (nSPS) is 11.5. The Morgan fingerprint density at radius 1 is 1.12 bits per heavy atom. The molecule has 0 fully saturated rings. The largest absolute Gasteiger partial charge is 0.310 e. The van der Waals surface area contributed by atoms with Gasteiger partial charge < -0.3 is 9.88 Å². The standard InChI is InChI=1S/C24H22Cl3N5O2/c1-4-18-21-23(32(30-18)22-16(26)10-15(25)11-17(22)27)28-20(29-24(21)34)9-13-6-5-7-14(8-13)19(33)12-31(2)3/h5-8,10-11H,4,9,12H2,1-3H3,(H,28,29,34). The van der Waals surface area contributed by atoms with Crippen LogP contribution in [-0.4, -0.2) is 51.1 Å². The van der Waals surface area contributed by atoms with Gasteiger partial charge in [0.05, 0.1) is 22.3 Å². The van der Waals surface area contributed by atoms with Crippen LogP contribution in [0.4, 0.5) is 0 Å². The quantitative estimate of drug-likeness (QED) is 0.349. The smallest absolute Gasteiger partial charge is 0.262 e. The van der Waals surface area contributed by atoms with Crippen LogP contribution in [0.1, 0.15) is 34.4 Å². The molecular formula is C24H22Cl3N5O2. The van der Waals surface area contributed by atoms with Crippen LogP contribution in [-0.2, 0) is 12.8 Å². The van der Waals surface area contributed by atoms with E-state index in [9.17, 15) is 9.59 Å². The summed E-state index contributed by atoms with van der Waals surface area (Å²) in [4.78, 5) is 34.9. The molecule has 0 spiro atoms. The van der Waals surface area contributed by atoms with Crippen LogP contribution in [0, 0.1) is 0 Å². The Morgan fingerprint density at radius 2 is 1.82 bits per heavy atom. The van der Waals surface area contributed by atoms with Crippen LogP contribution in [0.15, 0.2) is 41.2 Å². The molecule has 0 atom stereocenters. The fourth-order valence-electron chi connectivity index (χ4n) is 3.79. The highest BCUT2D eigenvalue weighted by Crippen LogP contribution is 2.33. The Kier molecular flexibility index (Phi) is 7.09. The van der Waals surface area contributed by atoms with E-state index in [4.69, 9.17) is 39.8 Å². The van der Waals surface area contributed by atoms with Crippen LogP contribution in [0.3, 0.4) is 0 Å². The number of carbonyl (C=O) groups is 1. The summed E-state index contributed by atoms with van der Waals surface area (Å²) in [5, 5.41) is 5.93. The minimum atomic E-state index is -0.302. The Morgan fingerprint density at radius 3 is 2.47 bits per heavy atom. The zero-order valence-electron chi connectivity index (χ0n) is 18.8. The van der Waals surface area contributed by atoms with E-state index >= 15 is 0 Å². The van der Waals surface area contributed by atoms with E-state index in [1.807, 2.05) is 44.1 Å². The maximum absolute atomic E-state index is 13.0. The van der Waals surface area contributed by atoms with Crippen LogP contribution in [0.5, 0.6) is 0 Å². The number of H-pyrrole nitrogens is 1. The lowest BCUT2D eigenvalue weighted by Gasteiger charge is -2.10.